The van der Waals surface area contributed by atoms with E-state index < -0.39 is 10.9 Å². The summed E-state index contributed by atoms with van der Waals surface area (Å²) in [7, 11) is 1.77. The minimum atomic E-state index is -0.903. The number of nitrogens with zero attached hydrogens (tertiary/aromatic N) is 3. The number of hydrogen-bond acceptors (Lipinski definition) is 5. The van der Waals surface area contributed by atoms with Crippen molar-refractivity contribution in [2.45, 2.75) is 16.1 Å². The maximum Gasteiger partial charge on any atom is 0.235 e. The molecule has 1 saturated heterocycles. The molecule has 0 aliphatic carbocycles. The van der Waals surface area contributed by atoms with E-state index in [4.69, 9.17) is 0 Å². The van der Waals surface area contributed by atoms with Crippen molar-refractivity contribution in [3.8, 4) is 0 Å². The number of aliphatic hydroxyl groups excluding tert-OH is 1. The molecule has 1 aliphatic rings. The lowest BCUT2D eigenvalue weighted by Crippen LogP contribution is -2.53. The molecule has 0 saturated carbocycles. The van der Waals surface area contributed by atoms with Crippen molar-refractivity contribution in [3.63, 3.8) is 0 Å². The highest BCUT2D eigenvalue weighted by Gasteiger charge is 2.44. The number of carbonyl (C=O) groups excluding carboxylic acids is 1. The van der Waals surface area contributed by atoms with Gasteiger partial charge in [0.05, 0.1) is 10.9 Å². The minimum Gasteiger partial charge on any atom is -0.382 e. The maximum atomic E-state index is 12.4. The van der Waals surface area contributed by atoms with Crippen molar-refractivity contribution in [1.29, 1.82) is 0 Å². The summed E-state index contributed by atoms with van der Waals surface area (Å²) in [5.74, 6) is 0.0481. The number of rotatable bonds is 7. The second-order valence-electron chi connectivity index (χ2n) is 8.11. The molecular formula is C26H24N4O2S. The number of hydrogen-bond donors (Lipinski definition) is 2. The summed E-state index contributed by atoms with van der Waals surface area (Å²) in [6, 6.07) is 28.4. The smallest absolute Gasteiger partial charge is 0.235 e. The Hall–Kier alpha value is -3.42. The van der Waals surface area contributed by atoms with Crippen molar-refractivity contribution in [3.05, 3.63) is 119 Å². The van der Waals surface area contributed by atoms with Gasteiger partial charge in [0.1, 0.15) is 17.0 Å². The van der Waals surface area contributed by atoms with E-state index in [1.165, 1.54) is 0 Å². The van der Waals surface area contributed by atoms with Crippen LogP contribution < -0.4 is 5.32 Å². The van der Waals surface area contributed by atoms with E-state index in [-0.39, 0.29) is 11.2 Å². The molecule has 0 bridgehead atoms. The molecule has 2 atom stereocenters. The third kappa shape index (κ3) is 3.94. The van der Waals surface area contributed by atoms with E-state index in [0.29, 0.717) is 12.2 Å². The summed E-state index contributed by atoms with van der Waals surface area (Å²) in [5.41, 5.74) is 4.36. The van der Waals surface area contributed by atoms with E-state index in [1.54, 1.807) is 29.7 Å². The van der Waals surface area contributed by atoms with Gasteiger partial charge in [0.25, 0.3) is 0 Å². The molecule has 166 valence electrons. The second kappa shape index (κ2) is 8.84. The topological polar surface area (TPSA) is 80.0 Å². The zero-order valence-corrected chi connectivity index (χ0v) is 18.9. The number of amides is 1. The summed E-state index contributed by atoms with van der Waals surface area (Å²) in [5, 5.41) is 21.8. The molecule has 1 aliphatic heterocycles. The fourth-order valence-corrected chi connectivity index (χ4v) is 5.81. The number of aryl methyl sites for hydroxylation is 1. The van der Waals surface area contributed by atoms with Crippen molar-refractivity contribution in [1.82, 2.24) is 20.3 Å². The van der Waals surface area contributed by atoms with Crippen molar-refractivity contribution in [2.24, 2.45) is 7.05 Å². The van der Waals surface area contributed by atoms with Gasteiger partial charge in [0.15, 0.2) is 0 Å². The van der Waals surface area contributed by atoms with Crippen LogP contribution in [0.2, 0.25) is 0 Å². The highest BCUT2D eigenvalue weighted by molar-refractivity contribution is 8.02. The summed E-state index contributed by atoms with van der Waals surface area (Å²) in [4.78, 5) is 12.4. The van der Waals surface area contributed by atoms with Crippen molar-refractivity contribution >= 4 is 17.7 Å². The molecule has 1 amide bonds. The zero-order valence-electron chi connectivity index (χ0n) is 18.1. The zero-order chi connectivity index (χ0) is 22.8. The molecule has 1 aromatic heterocycles. The Bertz CT molecular complexity index is 1220. The molecule has 5 rings (SSSR count). The van der Waals surface area contributed by atoms with Gasteiger partial charge in [-0.3, -0.25) is 9.48 Å². The Kier molecular flexibility index (Phi) is 5.74. The summed E-state index contributed by atoms with van der Waals surface area (Å²) in [6.45, 7) is 0.632. The van der Waals surface area contributed by atoms with Crippen LogP contribution in [0.3, 0.4) is 0 Å². The van der Waals surface area contributed by atoms with Crippen LogP contribution >= 0.6 is 11.8 Å². The molecule has 2 N–H and O–H groups in total. The third-order valence-corrected chi connectivity index (χ3v) is 7.67. The monoisotopic (exact) mass is 456 g/mol. The number of benzene rings is 3. The lowest BCUT2D eigenvalue weighted by atomic mass is 9.83. The van der Waals surface area contributed by atoms with Crippen molar-refractivity contribution < 1.29 is 9.90 Å². The van der Waals surface area contributed by atoms with E-state index >= 15 is 0 Å². The molecule has 3 aromatic carbocycles. The lowest BCUT2D eigenvalue weighted by molar-refractivity contribution is -0.124. The normalized spacial score (nSPS) is 16.7. The molecule has 2 heterocycles. The lowest BCUT2D eigenvalue weighted by Gasteiger charge is -2.40. The SMILES string of the molecule is Cn1cc(C(O)c2cccc(C(S[C@H]3CNC3=O)(c3ccccc3)c3ccccc3)c2)nn1. The van der Waals surface area contributed by atoms with Crippen LogP contribution in [0.5, 0.6) is 0 Å². The fraction of sp³-hybridized carbons (Fsp3) is 0.192. The van der Waals surface area contributed by atoms with Gasteiger partial charge in [-0.15, -0.1) is 16.9 Å². The second-order valence-corrected chi connectivity index (χ2v) is 9.53. The Morgan fingerprint density at radius 1 is 1.00 bits per heavy atom. The quantitative estimate of drug-likeness (QED) is 0.329. The first kappa shape index (κ1) is 21.4. The van der Waals surface area contributed by atoms with Gasteiger partial charge < -0.3 is 10.4 Å². The third-order valence-electron chi connectivity index (χ3n) is 5.94. The van der Waals surface area contributed by atoms with Crippen LogP contribution in [0.15, 0.2) is 91.1 Å². The van der Waals surface area contributed by atoms with E-state index in [2.05, 4.69) is 46.0 Å². The van der Waals surface area contributed by atoms with Crippen LogP contribution in [0, 0.1) is 0 Å². The van der Waals surface area contributed by atoms with Gasteiger partial charge in [-0.05, 0) is 22.3 Å². The Morgan fingerprint density at radius 2 is 1.64 bits per heavy atom. The fourth-order valence-electron chi connectivity index (χ4n) is 4.22. The van der Waals surface area contributed by atoms with Gasteiger partial charge in [0.2, 0.25) is 5.91 Å². The average Bonchev–Trinajstić information content (AvgIpc) is 3.31. The number of carbonyl (C=O) groups is 1. The van der Waals surface area contributed by atoms with Crippen LogP contribution in [0.4, 0.5) is 0 Å². The average molecular weight is 457 g/mol. The number of aliphatic hydroxyl groups is 1. The number of thioether (sulfide) groups is 1. The van der Waals surface area contributed by atoms with Crippen LogP contribution in [-0.4, -0.2) is 37.8 Å². The summed E-state index contributed by atoms with van der Waals surface area (Å²) in [6.07, 6.45) is 0.812. The van der Waals surface area contributed by atoms with E-state index in [1.807, 2.05) is 54.6 Å². The predicted octanol–water partition coefficient (Wildman–Crippen LogP) is 3.42. The molecule has 1 unspecified atom stereocenters. The van der Waals surface area contributed by atoms with Crippen LogP contribution in [-0.2, 0) is 16.6 Å². The van der Waals surface area contributed by atoms with E-state index in [0.717, 1.165) is 22.3 Å². The Labute approximate surface area is 196 Å². The van der Waals surface area contributed by atoms with Gasteiger partial charge in [0, 0.05) is 13.6 Å². The van der Waals surface area contributed by atoms with Crippen LogP contribution in [0.25, 0.3) is 0 Å². The Morgan fingerprint density at radius 3 is 2.15 bits per heavy atom. The molecular weight excluding hydrogens is 432 g/mol. The first-order valence-electron chi connectivity index (χ1n) is 10.8. The standard InChI is InChI=1S/C26H24N4O2S/c1-30-17-22(28-29-30)24(31)18-9-8-14-21(15-18)26(19-10-4-2-5-11-19,20-12-6-3-7-13-20)33-23-16-27-25(23)32/h2-15,17,23-24,31H,16H2,1H3,(H,27,32)/t23-,24?/m0/s1. The first-order valence-corrected chi connectivity index (χ1v) is 11.7. The number of aromatic nitrogens is 3. The van der Waals surface area contributed by atoms with E-state index in [9.17, 15) is 9.90 Å². The molecule has 33 heavy (non-hydrogen) atoms. The first-order chi connectivity index (χ1) is 16.1. The molecule has 0 radical (unpaired) electrons. The highest BCUT2D eigenvalue weighted by atomic mass is 32.2. The van der Waals surface area contributed by atoms with Crippen molar-refractivity contribution in [2.75, 3.05) is 6.54 Å². The molecule has 1 fully saturated rings. The van der Waals surface area contributed by atoms with Gasteiger partial charge in [-0.1, -0.05) is 90.1 Å². The number of nitrogens with one attached hydrogen (secondary N) is 1. The molecule has 6 nitrogen and oxygen atoms in total. The minimum absolute atomic E-state index is 0.0481. The summed E-state index contributed by atoms with van der Waals surface area (Å²) < 4.78 is 0.939. The highest BCUT2D eigenvalue weighted by Crippen LogP contribution is 2.51. The van der Waals surface area contributed by atoms with Gasteiger partial charge >= 0.3 is 0 Å². The molecule has 0 spiro atoms. The largest absolute Gasteiger partial charge is 0.382 e. The maximum absolute atomic E-state index is 12.4. The number of β-lactam (4-membered cyclic amide) rings is 1. The Balaban J connectivity index is 1.69. The van der Waals surface area contributed by atoms with Crippen LogP contribution in [0.1, 0.15) is 34.1 Å². The predicted molar refractivity (Wildman–Crippen MR) is 129 cm³/mol. The molecule has 4 aromatic rings. The van der Waals surface area contributed by atoms with Gasteiger partial charge in [-0.2, -0.15) is 0 Å². The summed E-state index contributed by atoms with van der Waals surface area (Å²) >= 11 is 1.64. The van der Waals surface area contributed by atoms with Gasteiger partial charge in [-0.25, -0.2) is 0 Å². The molecule has 7 heteroatoms.